The molecule has 0 saturated carbocycles. The molecule has 1 saturated heterocycles. The molecule has 5 nitrogen and oxygen atoms in total. The van der Waals surface area contributed by atoms with Crippen LogP contribution in [0.1, 0.15) is 34.5 Å². The Hall–Kier alpha value is -4.43. The SMILES string of the molecule is O=C(Nc1cccc(C#Cc2ccccn2)c1)C1CCCN(C(=O)c2cccc3ccccc23)C1. The number of benzene rings is 3. The minimum absolute atomic E-state index is 0.0221. The molecule has 3 aromatic carbocycles. The van der Waals surface area contributed by atoms with Crippen LogP contribution in [0.15, 0.2) is 91.1 Å². The molecule has 5 heteroatoms. The van der Waals surface area contributed by atoms with Gasteiger partial charge in [-0.25, -0.2) is 4.98 Å². The van der Waals surface area contributed by atoms with Gasteiger partial charge in [0.25, 0.3) is 5.91 Å². The Morgan fingerprint density at radius 1 is 0.914 bits per heavy atom. The second kappa shape index (κ2) is 10.2. The fourth-order valence-corrected chi connectivity index (χ4v) is 4.45. The molecule has 1 N–H and O–H groups in total. The fraction of sp³-hybridized carbons (Fsp3) is 0.167. The van der Waals surface area contributed by atoms with Crippen LogP contribution < -0.4 is 5.32 Å². The van der Waals surface area contributed by atoms with Crippen molar-refractivity contribution in [3.63, 3.8) is 0 Å². The van der Waals surface area contributed by atoms with Crippen LogP contribution in [0.25, 0.3) is 10.8 Å². The Kier molecular flexibility index (Phi) is 6.54. The number of hydrogen-bond donors (Lipinski definition) is 1. The first-order valence-electron chi connectivity index (χ1n) is 11.8. The van der Waals surface area contributed by atoms with Crippen LogP contribution in [0.3, 0.4) is 0 Å². The van der Waals surface area contributed by atoms with E-state index in [1.165, 1.54) is 0 Å². The first-order valence-corrected chi connectivity index (χ1v) is 11.8. The Labute approximate surface area is 204 Å². The average molecular weight is 460 g/mol. The van der Waals surface area contributed by atoms with Crippen LogP contribution >= 0.6 is 0 Å². The average Bonchev–Trinajstić information content (AvgIpc) is 2.92. The van der Waals surface area contributed by atoms with Crippen molar-refractivity contribution in [1.29, 1.82) is 0 Å². The van der Waals surface area contributed by atoms with Crippen LogP contribution in [-0.2, 0) is 4.79 Å². The van der Waals surface area contributed by atoms with Crippen LogP contribution in [0.5, 0.6) is 0 Å². The third kappa shape index (κ3) is 5.23. The van der Waals surface area contributed by atoms with E-state index in [1.54, 1.807) is 6.20 Å². The van der Waals surface area contributed by atoms with Crippen molar-refractivity contribution in [3.05, 3.63) is 108 Å². The topological polar surface area (TPSA) is 62.3 Å². The van der Waals surface area contributed by atoms with Gasteiger partial charge in [0.2, 0.25) is 5.91 Å². The molecule has 2 heterocycles. The zero-order valence-corrected chi connectivity index (χ0v) is 19.3. The third-order valence-electron chi connectivity index (χ3n) is 6.23. The number of hydrogen-bond acceptors (Lipinski definition) is 3. The van der Waals surface area contributed by atoms with Crippen molar-refractivity contribution in [1.82, 2.24) is 9.88 Å². The molecule has 0 aliphatic carbocycles. The van der Waals surface area contributed by atoms with Crippen molar-refractivity contribution in [3.8, 4) is 11.8 Å². The van der Waals surface area contributed by atoms with Crippen molar-refractivity contribution in [2.24, 2.45) is 5.92 Å². The van der Waals surface area contributed by atoms with E-state index in [4.69, 9.17) is 0 Å². The molecule has 0 spiro atoms. The Morgan fingerprint density at radius 3 is 2.63 bits per heavy atom. The van der Waals surface area contributed by atoms with E-state index in [9.17, 15) is 9.59 Å². The van der Waals surface area contributed by atoms with E-state index in [1.807, 2.05) is 89.8 Å². The first kappa shape index (κ1) is 22.4. The predicted molar refractivity (Wildman–Crippen MR) is 138 cm³/mol. The van der Waals surface area contributed by atoms with Gasteiger partial charge in [-0.05, 0) is 65.9 Å². The maximum Gasteiger partial charge on any atom is 0.254 e. The van der Waals surface area contributed by atoms with E-state index in [-0.39, 0.29) is 17.7 Å². The number of nitrogens with zero attached hydrogens (tertiary/aromatic N) is 2. The summed E-state index contributed by atoms with van der Waals surface area (Å²) in [6.45, 7) is 1.07. The fourth-order valence-electron chi connectivity index (χ4n) is 4.45. The molecule has 172 valence electrons. The lowest BCUT2D eigenvalue weighted by molar-refractivity contribution is -0.121. The number of likely N-dealkylation sites (tertiary alicyclic amines) is 1. The largest absolute Gasteiger partial charge is 0.338 e. The van der Waals surface area contributed by atoms with Gasteiger partial charge in [-0.1, -0.05) is 54.5 Å². The highest BCUT2D eigenvalue weighted by molar-refractivity contribution is 6.07. The molecule has 35 heavy (non-hydrogen) atoms. The van der Waals surface area contributed by atoms with E-state index in [0.717, 1.165) is 29.2 Å². The molecule has 1 fully saturated rings. The summed E-state index contributed by atoms with van der Waals surface area (Å²) in [6, 6.07) is 26.8. The molecule has 2 amide bonds. The summed E-state index contributed by atoms with van der Waals surface area (Å²) in [5, 5.41) is 5.00. The van der Waals surface area contributed by atoms with Crippen LogP contribution in [-0.4, -0.2) is 34.8 Å². The number of carbonyl (C=O) groups excluding carboxylic acids is 2. The quantitative estimate of drug-likeness (QED) is 0.432. The molecule has 0 bridgehead atoms. The highest BCUT2D eigenvalue weighted by Crippen LogP contribution is 2.24. The number of aromatic nitrogens is 1. The number of rotatable bonds is 3. The van der Waals surface area contributed by atoms with E-state index < -0.39 is 0 Å². The van der Waals surface area contributed by atoms with E-state index >= 15 is 0 Å². The normalized spacial score (nSPS) is 15.2. The second-order valence-corrected chi connectivity index (χ2v) is 8.65. The Bertz CT molecular complexity index is 1430. The van der Waals surface area contributed by atoms with Gasteiger partial charge in [0, 0.05) is 36.1 Å². The van der Waals surface area contributed by atoms with E-state index in [2.05, 4.69) is 22.1 Å². The smallest absolute Gasteiger partial charge is 0.254 e. The molecule has 5 rings (SSSR count). The Balaban J connectivity index is 1.27. The number of nitrogens with one attached hydrogen (secondary N) is 1. The highest BCUT2D eigenvalue weighted by atomic mass is 16.2. The van der Waals surface area contributed by atoms with Gasteiger partial charge in [0.05, 0.1) is 5.92 Å². The second-order valence-electron chi connectivity index (χ2n) is 8.65. The van der Waals surface area contributed by atoms with Gasteiger partial charge < -0.3 is 10.2 Å². The standard InChI is InChI=1S/C30H25N3O2/c34-29(32-26-13-5-8-22(20-26)16-17-25-12-3-4-18-31-25)24-11-7-19-33(21-24)30(35)28-15-6-10-23-9-1-2-14-27(23)28/h1-6,8-10,12-15,18,20,24H,7,11,19,21H2,(H,32,34). The lowest BCUT2D eigenvalue weighted by Gasteiger charge is -2.32. The molecular formula is C30H25N3O2. The molecule has 0 radical (unpaired) electrons. The monoisotopic (exact) mass is 459 g/mol. The maximum absolute atomic E-state index is 13.3. The van der Waals surface area contributed by atoms with Crippen molar-refractivity contribution in [2.75, 3.05) is 18.4 Å². The number of amides is 2. The van der Waals surface area contributed by atoms with Gasteiger partial charge in [-0.2, -0.15) is 0 Å². The van der Waals surface area contributed by atoms with Crippen LogP contribution in [0.2, 0.25) is 0 Å². The van der Waals surface area contributed by atoms with Gasteiger partial charge in [-0.3, -0.25) is 9.59 Å². The van der Waals surface area contributed by atoms with Gasteiger partial charge in [-0.15, -0.1) is 0 Å². The van der Waals surface area contributed by atoms with Crippen molar-refractivity contribution < 1.29 is 9.59 Å². The summed E-state index contributed by atoms with van der Waals surface area (Å²) in [5.41, 5.74) is 2.87. The number of carbonyl (C=O) groups is 2. The minimum Gasteiger partial charge on any atom is -0.338 e. The van der Waals surface area contributed by atoms with Crippen LogP contribution in [0, 0.1) is 17.8 Å². The lowest BCUT2D eigenvalue weighted by Crippen LogP contribution is -2.43. The third-order valence-corrected chi connectivity index (χ3v) is 6.23. The van der Waals surface area contributed by atoms with E-state index in [0.29, 0.717) is 30.0 Å². The molecule has 1 aliphatic heterocycles. The number of pyridine rings is 1. The van der Waals surface area contributed by atoms with Crippen molar-refractivity contribution in [2.45, 2.75) is 12.8 Å². The summed E-state index contributed by atoms with van der Waals surface area (Å²) in [7, 11) is 0. The molecule has 4 aromatic rings. The van der Waals surface area contributed by atoms with Crippen LogP contribution in [0.4, 0.5) is 5.69 Å². The van der Waals surface area contributed by atoms with Crippen molar-refractivity contribution >= 4 is 28.3 Å². The zero-order chi connectivity index (χ0) is 24.0. The molecule has 1 aliphatic rings. The maximum atomic E-state index is 13.3. The molecule has 1 atom stereocenters. The zero-order valence-electron chi connectivity index (χ0n) is 19.3. The number of fused-ring (bicyclic) bond motifs is 1. The molecule has 1 aromatic heterocycles. The summed E-state index contributed by atoms with van der Waals surface area (Å²) in [4.78, 5) is 32.4. The van der Waals surface area contributed by atoms with Gasteiger partial charge in [0.1, 0.15) is 5.69 Å². The molecular weight excluding hydrogens is 434 g/mol. The van der Waals surface area contributed by atoms with Gasteiger partial charge >= 0.3 is 0 Å². The first-order chi connectivity index (χ1) is 17.2. The number of anilines is 1. The Morgan fingerprint density at radius 2 is 1.74 bits per heavy atom. The summed E-state index contributed by atoms with van der Waals surface area (Å²) in [6.07, 6.45) is 3.26. The minimum atomic E-state index is -0.258. The lowest BCUT2D eigenvalue weighted by atomic mass is 9.95. The predicted octanol–water partition coefficient (Wildman–Crippen LogP) is 5.13. The summed E-state index contributed by atoms with van der Waals surface area (Å²) in [5.74, 6) is 5.77. The molecule has 1 unspecified atom stereocenters. The summed E-state index contributed by atoms with van der Waals surface area (Å²) < 4.78 is 0. The summed E-state index contributed by atoms with van der Waals surface area (Å²) >= 11 is 0. The number of piperidine rings is 1. The van der Waals surface area contributed by atoms with Gasteiger partial charge in [0.15, 0.2) is 0 Å². The highest BCUT2D eigenvalue weighted by Gasteiger charge is 2.29.